The molecule has 154 valence electrons. The molecule has 7 nitrogen and oxygen atoms in total. The van der Waals surface area contributed by atoms with Gasteiger partial charge in [0, 0.05) is 50.9 Å². The molecule has 0 radical (unpaired) electrons. The largest absolute Gasteiger partial charge is 0.497 e. The second kappa shape index (κ2) is 8.59. The highest BCUT2D eigenvalue weighted by atomic mass is 16.5. The molecule has 0 N–H and O–H groups in total. The van der Waals surface area contributed by atoms with Gasteiger partial charge in [0.1, 0.15) is 5.75 Å². The summed E-state index contributed by atoms with van der Waals surface area (Å²) in [7, 11) is 1.66. The highest BCUT2D eigenvalue weighted by Crippen LogP contribution is 2.24. The number of hydrogen-bond donors (Lipinski definition) is 0. The van der Waals surface area contributed by atoms with Crippen molar-refractivity contribution in [3.8, 4) is 5.75 Å². The molecule has 2 aromatic rings. The molecule has 1 aromatic heterocycles. The number of anilines is 1. The summed E-state index contributed by atoms with van der Waals surface area (Å²) in [5, 5.41) is 0. The molecular weight excluding hydrogens is 370 g/mol. The fraction of sp³-hybridized carbons (Fsp3) is 0.455. The van der Waals surface area contributed by atoms with Crippen LogP contribution in [0.2, 0.25) is 0 Å². The van der Waals surface area contributed by atoms with Crippen molar-refractivity contribution in [2.75, 3.05) is 51.3 Å². The van der Waals surface area contributed by atoms with Gasteiger partial charge in [-0.1, -0.05) is 0 Å². The Hall–Kier alpha value is -2.96. The summed E-state index contributed by atoms with van der Waals surface area (Å²) in [6, 6.07) is 11.4. The lowest BCUT2D eigenvalue weighted by Gasteiger charge is -2.39. The summed E-state index contributed by atoms with van der Waals surface area (Å²) in [6.07, 6.45) is 2.93. The van der Waals surface area contributed by atoms with Crippen molar-refractivity contribution in [2.24, 2.45) is 5.92 Å². The van der Waals surface area contributed by atoms with Crippen molar-refractivity contribution in [2.45, 2.75) is 12.8 Å². The van der Waals surface area contributed by atoms with Crippen LogP contribution in [0.3, 0.4) is 0 Å². The molecule has 0 unspecified atom stereocenters. The number of carbonyl (C=O) groups is 2. The predicted octanol–water partition coefficient (Wildman–Crippen LogP) is 2.49. The topological polar surface area (TPSA) is 66.2 Å². The van der Waals surface area contributed by atoms with E-state index in [-0.39, 0.29) is 17.7 Å². The molecule has 2 saturated heterocycles. The van der Waals surface area contributed by atoms with Crippen LogP contribution in [0.4, 0.5) is 5.69 Å². The van der Waals surface area contributed by atoms with E-state index in [2.05, 4.69) is 17.0 Å². The molecule has 2 amide bonds. The van der Waals surface area contributed by atoms with Gasteiger partial charge < -0.3 is 23.9 Å². The summed E-state index contributed by atoms with van der Waals surface area (Å²) in [4.78, 5) is 31.4. The molecule has 4 rings (SSSR count). The molecule has 1 aromatic carbocycles. The Bertz CT molecular complexity index is 818. The maximum Gasteiger partial charge on any atom is 0.289 e. The Morgan fingerprint density at radius 3 is 2.21 bits per heavy atom. The summed E-state index contributed by atoms with van der Waals surface area (Å²) in [5.41, 5.74) is 1.16. The summed E-state index contributed by atoms with van der Waals surface area (Å²) in [5.74, 6) is 1.35. The van der Waals surface area contributed by atoms with Gasteiger partial charge in [-0.05, 0) is 49.2 Å². The van der Waals surface area contributed by atoms with Crippen LogP contribution in [0.25, 0.3) is 0 Å². The van der Waals surface area contributed by atoms with Gasteiger partial charge in [-0.15, -0.1) is 0 Å². The standard InChI is InChI=1S/C22H27N3O4/c1-28-19-6-4-18(5-7-19)23-12-14-25(15-13-23)21(26)17-8-10-24(11-9-17)22(27)20-3-2-16-29-20/h2-7,16-17H,8-15H2,1H3. The Balaban J connectivity index is 1.26. The van der Waals surface area contributed by atoms with Crippen molar-refractivity contribution < 1.29 is 18.7 Å². The maximum absolute atomic E-state index is 13.0. The average Bonchev–Trinajstić information content (AvgIpc) is 3.33. The van der Waals surface area contributed by atoms with E-state index in [0.717, 1.165) is 37.6 Å². The first-order valence-corrected chi connectivity index (χ1v) is 10.2. The number of ether oxygens (including phenoxy) is 1. The first-order valence-electron chi connectivity index (χ1n) is 10.2. The lowest BCUT2D eigenvalue weighted by Crippen LogP contribution is -2.52. The van der Waals surface area contributed by atoms with E-state index in [4.69, 9.17) is 9.15 Å². The maximum atomic E-state index is 13.0. The Morgan fingerprint density at radius 2 is 1.62 bits per heavy atom. The second-order valence-corrected chi connectivity index (χ2v) is 7.55. The van der Waals surface area contributed by atoms with Gasteiger partial charge in [0.05, 0.1) is 13.4 Å². The molecular formula is C22H27N3O4. The predicted molar refractivity (Wildman–Crippen MR) is 109 cm³/mol. The van der Waals surface area contributed by atoms with E-state index in [0.29, 0.717) is 31.7 Å². The summed E-state index contributed by atoms with van der Waals surface area (Å²) >= 11 is 0. The number of piperidine rings is 1. The fourth-order valence-electron chi connectivity index (χ4n) is 4.12. The molecule has 29 heavy (non-hydrogen) atoms. The van der Waals surface area contributed by atoms with Crippen molar-refractivity contribution in [1.82, 2.24) is 9.80 Å². The zero-order valence-electron chi connectivity index (χ0n) is 16.8. The highest BCUT2D eigenvalue weighted by molar-refractivity contribution is 5.91. The monoisotopic (exact) mass is 397 g/mol. The molecule has 0 spiro atoms. The van der Waals surface area contributed by atoms with E-state index in [1.54, 1.807) is 24.1 Å². The quantitative estimate of drug-likeness (QED) is 0.793. The molecule has 2 fully saturated rings. The molecule has 0 aliphatic carbocycles. The van der Waals surface area contributed by atoms with Gasteiger partial charge in [-0.25, -0.2) is 0 Å². The normalized spacial score (nSPS) is 18.0. The number of carbonyl (C=O) groups excluding carboxylic acids is 2. The zero-order valence-corrected chi connectivity index (χ0v) is 16.8. The number of nitrogens with zero attached hydrogens (tertiary/aromatic N) is 3. The second-order valence-electron chi connectivity index (χ2n) is 7.55. The molecule has 2 aliphatic heterocycles. The van der Waals surface area contributed by atoms with Gasteiger partial charge in [-0.3, -0.25) is 9.59 Å². The van der Waals surface area contributed by atoms with E-state index in [1.807, 2.05) is 17.0 Å². The minimum atomic E-state index is -0.0889. The lowest BCUT2D eigenvalue weighted by molar-refractivity contribution is -0.137. The van der Waals surface area contributed by atoms with Crippen LogP contribution in [-0.4, -0.2) is 68.0 Å². The van der Waals surface area contributed by atoms with Crippen LogP contribution < -0.4 is 9.64 Å². The number of likely N-dealkylation sites (tertiary alicyclic amines) is 1. The van der Waals surface area contributed by atoms with Crippen LogP contribution >= 0.6 is 0 Å². The SMILES string of the molecule is COc1ccc(N2CCN(C(=O)C3CCN(C(=O)c4ccco4)CC3)CC2)cc1. The third-order valence-corrected chi connectivity index (χ3v) is 5.89. The van der Waals surface area contributed by atoms with Crippen LogP contribution in [0.15, 0.2) is 47.1 Å². The minimum absolute atomic E-state index is 0.00295. The summed E-state index contributed by atoms with van der Waals surface area (Å²) in [6.45, 7) is 4.32. The Morgan fingerprint density at radius 1 is 0.931 bits per heavy atom. The number of benzene rings is 1. The smallest absolute Gasteiger partial charge is 0.289 e. The van der Waals surface area contributed by atoms with Crippen molar-refractivity contribution >= 4 is 17.5 Å². The zero-order chi connectivity index (χ0) is 20.2. The summed E-state index contributed by atoms with van der Waals surface area (Å²) < 4.78 is 10.4. The van der Waals surface area contributed by atoms with Crippen molar-refractivity contribution in [1.29, 1.82) is 0 Å². The van der Waals surface area contributed by atoms with E-state index in [1.165, 1.54) is 6.26 Å². The van der Waals surface area contributed by atoms with Gasteiger partial charge >= 0.3 is 0 Å². The fourth-order valence-corrected chi connectivity index (χ4v) is 4.12. The number of furan rings is 1. The molecule has 7 heteroatoms. The third kappa shape index (κ3) is 4.23. The minimum Gasteiger partial charge on any atom is -0.497 e. The third-order valence-electron chi connectivity index (χ3n) is 5.89. The van der Waals surface area contributed by atoms with Crippen LogP contribution in [0.5, 0.6) is 5.75 Å². The van der Waals surface area contributed by atoms with E-state index in [9.17, 15) is 9.59 Å². The number of piperazine rings is 1. The van der Waals surface area contributed by atoms with Crippen LogP contribution in [0, 0.1) is 5.92 Å². The molecule has 3 heterocycles. The number of hydrogen-bond acceptors (Lipinski definition) is 5. The van der Waals surface area contributed by atoms with Crippen molar-refractivity contribution in [3.05, 3.63) is 48.4 Å². The number of methoxy groups -OCH3 is 1. The van der Waals surface area contributed by atoms with Gasteiger partial charge in [0.2, 0.25) is 5.91 Å². The number of rotatable bonds is 4. The average molecular weight is 397 g/mol. The molecule has 2 aliphatic rings. The van der Waals surface area contributed by atoms with E-state index < -0.39 is 0 Å². The van der Waals surface area contributed by atoms with Crippen molar-refractivity contribution in [3.63, 3.8) is 0 Å². The highest BCUT2D eigenvalue weighted by Gasteiger charge is 2.32. The van der Waals surface area contributed by atoms with Gasteiger partial charge in [0.25, 0.3) is 5.91 Å². The molecule has 0 bridgehead atoms. The number of amides is 2. The van der Waals surface area contributed by atoms with Crippen LogP contribution in [-0.2, 0) is 4.79 Å². The van der Waals surface area contributed by atoms with Crippen LogP contribution in [0.1, 0.15) is 23.4 Å². The lowest BCUT2D eigenvalue weighted by atomic mass is 9.94. The molecule has 0 saturated carbocycles. The van der Waals surface area contributed by atoms with Gasteiger partial charge in [-0.2, -0.15) is 0 Å². The van der Waals surface area contributed by atoms with E-state index >= 15 is 0 Å². The van der Waals surface area contributed by atoms with Gasteiger partial charge in [0.15, 0.2) is 5.76 Å². The first kappa shape index (κ1) is 19.4. The Kier molecular flexibility index (Phi) is 5.74. The molecule has 0 atom stereocenters. The Labute approximate surface area is 170 Å². The first-order chi connectivity index (χ1) is 14.2.